The number of hydrogen-bond donors (Lipinski definition) is 0. The third-order valence-electron chi connectivity index (χ3n) is 2.95. The average molecular weight is 284 g/mol. The van der Waals surface area contributed by atoms with Crippen molar-refractivity contribution in [1.29, 1.82) is 0 Å². The summed E-state index contributed by atoms with van der Waals surface area (Å²) < 4.78 is 18.4. The molecule has 0 amide bonds. The Hall–Kier alpha value is -1.10. The van der Waals surface area contributed by atoms with E-state index in [9.17, 15) is 3.89 Å². The van der Waals surface area contributed by atoms with Gasteiger partial charge in [-0.1, -0.05) is 19.9 Å². The van der Waals surface area contributed by atoms with Crippen LogP contribution in [0.2, 0.25) is 0 Å². The Morgan fingerprint density at radius 2 is 2.16 bits per heavy atom. The summed E-state index contributed by atoms with van der Waals surface area (Å²) in [6.07, 6.45) is 1.64. The first-order valence-corrected chi connectivity index (χ1v) is 7.24. The molecule has 0 N–H and O–H groups in total. The van der Waals surface area contributed by atoms with E-state index in [4.69, 9.17) is 4.74 Å². The van der Waals surface area contributed by atoms with Crippen molar-refractivity contribution in [2.45, 2.75) is 57.2 Å². The van der Waals surface area contributed by atoms with Gasteiger partial charge in [0, 0.05) is 11.3 Å². The summed E-state index contributed by atoms with van der Waals surface area (Å²) in [4.78, 5) is 0.523. The minimum atomic E-state index is -0.705. The summed E-state index contributed by atoms with van der Waals surface area (Å²) in [6.45, 7) is 7.95. The molecule has 0 radical (unpaired) electrons. The maximum atomic E-state index is 12.5. The molecule has 0 saturated heterocycles. The standard InChI is InChI=1S/C14H21FN2OS/c1-5-11(3)16-17-14(4,6-2)18-12-8-7-9-13(10-12)19-15/h7-11H,5-6H2,1-4H3. The summed E-state index contributed by atoms with van der Waals surface area (Å²) in [5.41, 5.74) is -0.705. The average Bonchev–Trinajstić information content (AvgIpc) is 2.45. The van der Waals surface area contributed by atoms with Crippen LogP contribution in [0, 0.1) is 0 Å². The van der Waals surface area contributed by atoms with Gasteiger partial charge in [-0.05, 0) is 38.5 Å². The third-order valence-corrected chi connectivity index (χ3v) is 3.38. The largest absolute Gasteiger partial charge is 0.465 e. The predicted molar refractivity (Wildman–Crippen MR) is 77.3 cm³/mol. The van der Waals surface area contributed by atoms with E-state index in [1.807, 2.05) is 20.8 Å². The number of hydrogen-bond acceptors (Lipinski definition) is 4. The maximum Gasteiger partial charge on any atom is 0.215 e. The van der Waals surface area contributed by atoms with Crippen LogP contribution in [0.1, 0.15) is 40.5 Å². The van der Waals surface area contributed by atoms with Crippen molar-refractivity contribution in [2.75, 3.05) is 0 Å². The van der Waals surface area contributed by atoms with E-state index >= 15 is 0 Å². The van der Waals surface area contributed by atoms with Gasteiger partial charge < -0.3 is 4.74 Å². The second kappa shape index (κ2) is 7.48. The number of halogens is 1. The van der Waals surface area contributed by atoms with Gasteiger partial charge in [-0.3, -0.25) is 0 Å². The van der Waals surface area contributed by atoms with Gasteiger partial charge in [0.25, 0.3) is 0 Å². The van der Waals surface area contributed by atoms with Crippen LogP contribution >= 0.6 is 12.1 Å². The van der Waals surface area contributed by atoms with Crippen LogP contribution in [-0.2, 0) is 0 Å². The van der Waals surface area contributed by atoms with E-state index in [0.717, 1.165) is 6.42 Å². The van der Waals surface area contributed by atoms with Gasteiger partial charge in [-0.2, -0.15) is 9.00 Å². The molecule has 1 aromatic rings. The fourth-order valence-corrected chi connectivity index (χ4v) is 1.60. The van der Waals surface area contributed by atoms with Crippen molar-refractivity contribution in [2.24, 2.45) is 10.2 Å². The molecule has 0 aliphatic carbocycles. The van der Waals surface area contributed by atoms with Crippen LogP contribution in [0.15, 0.2) is 39.4 Å². The Morgan fingerprint density at radius 1 is 1.42 bits per heavy atom. The molecule has 106 valence electrons. The number of azo groups is 1. The quantitative estimate of drug-likeness (QED) is 0.626. The zero-order valence-corrected chi connectivity index (χ0v) is 12.7. The van der Waals surface area contributed by atoms with E-state index in [0.29, 0.717) is 17.1 Å². The lowest BCUT2D eigenvalue weighted by atomic mass is 10.2. The summed E-state index contributed by atoms with van der Waals surface area (Å²) in [5.74, 6) is 0.607. The van der Waals surface area contributed by atoms with Crippen LogP contribution in [0.25, 0.3) is 0 Å². The van der Waals surface area contributed by atoms with Crippen LogP contribution < -0.4 is 4.74 Å². The molecule has 0 spiro atoms. The first-order chi connectivity index (χ1) is 9.03. The number of ether oxygens (including phenoxy) is 1. The van der Waals surface area contributed by atoms with Crippen LogP contribution in [0.5, 0.6) is 5.75 Å². The second-order valence-corrected chi connectivity index (χ2v) is 5.28. The van der Waals surface area contributed by atoms with Crippen molar-refractivity contribution < 1.29 is 8.62 Å². The Labute approximate surface area is 118 Å². The SMILES string of the molecule is CCC(C)N=NC(C)(CC)Oc1cccc(SF)c1. The van der Waals surface area contributed by atoms with Gasteiger partial charge in [-0.15, -0.1) is 5.11 Å². The predicted octanol–water partition coefficient (Wildman–Crippen LogP) is 5.42. The Kier molecular flexibility index (Phi) is 6.28. The van der Waals surface area contributed by atoms with Crippen molar-refractivity contribution >= 4 is 12.1 Å². The molecule has 19 heavy (non-hydrogen) atoms. The molecule has 2 unspecified atom stereocenters. The molecular formula is C14H21FN2OS. The lowest BCUT2D eigenvalue weighted by molar-refractivity contribution is 0.0839. The minimum absolute atomic E-state index is 0.183. The van der Waals surface area contributed by atoms with E-state index in [-0.39, 0.29) is 18.2 Å². The lowest BCUT2D eigenvalue weighted by Crippen LogP contribution is -2.28. The summed E-state index contributed by atoms with van der Waals surface area (Å²) in [7, 11) is 0. The highest BCUT2D eigenvalue weighted by Gasteiger charge is 2.23. The van der Waals surface area contributed by atoms with Crippen molar-refractivity contribution in [3.63, 3.8) is 0 Å². The molecule has 2 atom stereocenters. The van der Waals surface area contributed by atoms with Crippen molar-refractivity contribution in [1.82, 2.24) is 0 Å². The molecule has 0 saturated carbocycles. The molecular weight excluding hydrogens is 263 g/mol. The van der Waals surface area contributed by atoms with E-state index < -0.39 is 5.72 Å². The molecule has 0 heterocycles. The Bertz CT molecular complexity index is 428. The van der Waals surface area contributed by atoms with Gasteiger partial charge in [0.2, 0.25) is 5.72 Å². The fraction of sp³-hybridized carbons (Fsp3) is 0.571. The first-order valence-electron chi connectivity index (χ1n) is 6.52. The summed E-state index contributed by atoms with van der Waals surface area (Å²) in [6, 6.07) is 7.10. The van der Waals surface area contributed by atoms with E-state index in [1.165, 1.54) is 0 Å². The van der Waals surface area contributed by atoms with E-state index in [1.54, 1.807) is 24.3 Å². The summed E-state index contributed by atoms with van der Waals surface area (Å²) in [5, 5.41) is 8.54. The monoisotopic (exact) mass is 284 g/mol. The Balaban J connectivity index is 2.82. The molecule has 1 aromatic carbocycles. The molecule has 5 heteroatoms. The highest BCUT2D eigenvalue weighted by molar-refractivity contribution is 7.94. The lowest BCUT2D eigenvalue weighted by Gasteiger charge is -2.24. The zero-order chi connectivity index (χ0) is 14.3. The highest BCUT2D eigenvalue weighted by Crippen LogP contribution is 2.28. The van der Waals surface area contributed by atoms with Gasteiger partial charge in [0.1, 0.15) is 5.75 Å². The van der Waals surface area contributed by atoms with Crippen LogP contribution in [0.4, 0.5) is 3.89 Å². The molecule has 1 rings (SSSR count). The maximum absolute atomic E-state index is 12.5. The number of nitrogens with zero attached hydrogens (tertiary/aromatic N) is 2. The van der Waals surface area contributed by atoms with Gasteiger partial charge >= 0.3 is 0 Å². The second-order valence-electron chi connectivity index (χ2n) is 4.66. The summed E-state index contributed by atoms with van der Waals surface area (Å²) >= 11 is 0.204. The van der Waals surface area contributed by atoms with Gasteiger partial charge in [0.05, 0.1) is 18.2 Å². The first kappa shape index (κ1) is 16.0. The topological polar surface area (TPSA) is 34.0 Å². The van der Waals surface area contributed by atoms with Gasteiger partial charge in [0.15, 0.2) is 0 Å². The molecule has 3 nitrogen and oxygen atoms in total. The highest BCUT2D eigenvalue weighted by atomic mass is 32.2. The smallest absolute Gasteiger partial charge is 0.215 e. The molecule has 0 aliphatic heterocycles. The minimum Gasteiger partial charge on any atom is -0.465 e. The van der Waals surface area contributed by atoms with Gasteiger partial charge in [-0.25, -0.2) is 0 Å². The number of rotatable bonds is 7. The molecule has 0 bridgehead atoms. The van der Waals surface area contributed by atoms with E-state index in [2.05, 4.69) is 17.2 Å². The van der Waals surface area contributed by atoms with Crippen LogP contribution in [-0.4, -0.2) is 11.8 Å². The molecule has 0 aromatic heterocycles. The van der Waals surface area contributed by atoms with Crippen molar-refractivity contribution in [3.8, 4) is 5.75 Å². The normalized spacial score (nSPS) is 16.3. The van der Waals surface area contributed by atoms with Crippen molar-refractivity contribution in [3.05, 3.63) is 24.3 Å². The zero-order valence-electron chi connectivity index (χ0n) is 11.9. The Morgan fingerprint density at radius 3 is 2.74 bits per heavy atom. The molecule has 0 fully saturated rings. The van der Waals surface area contributed by atoms with Crippen LogP contribution in [0.3, 0.4) is 0 Å². The fourth-order valence-electron chi connectivity index (χ4n) is 1.31. The molecule has 0 aliphatic rings. The number of benzene rings is 1. The third kappa shape index (κ3) is 5.19.